The zero-order chi connectivity index (χ0) is 25.1. The average Bonchev–Trinajstić information content (AvgIpc) is 3.36. The molecule has 0 bridgehead atoms. The molecule has 180 valence electrons. The van der Waals surface area contributed by atoms with Gasteiger partial charge in [-0.05, 0) is 48.0 Å². The van der Waals surface area contributed by atoms with Crippen molar-refractivity contribution in [1.82, 2.24) is 9.66 Å². The van der Waals surface area contributed by atoms with Crippen molar-refractivity contribution in [2.24, 2.45) is 5.10 Å². The zero-order valence-electron chi connectivity index (χ0n) is 19.5. The van der Waals surface area contributed by atoms with Crippen molar-refractivity contribution < 1.29 is 23.4 Å². The van der Waals surface area contributed by atoms with Crippen LogP contribution in [0.4, 0.5) is 0 Å². The first kappa shape index (κ1) is 22.9. The van der Waals surface area contributed by atoms with Crippen LogP contribution in [0.1, 0.15) is 5.56 Å². The number of hydrogen-bond acceptors (Lipinski definition) is 8. The highest BCUT2D eigenvalue weighted by atomic mass is 16.6. The molecule has 36 heavy (non-hydrogen) atoms. The van der Waals surface area contributed by atoms with Gasteiger partial charge in [0.25, 0.3) is 5.56 Å². The molecule has 0 radical (unpaired) electrons. The molecule has 0 amide bonds. The molecule has 9 nitrogen and oxygen atoms in total. The summed E-state index contributed by atoms with van der Waals surface area (Å²) < 4.78 is 22.7. The molecule has 0 aliphatic heterocycles. The number of para-hydroxylation sites is 1. The number of nitrogens with zero attached hydrogens (tertiary/aromatic N) is 3. The van der Waals surface area contributed by atoms with E-state index in [-0.39, 0.29) is 18.0 Å². The first-order chi connectivity index (χ1) is 17.6. The summed E-state index contributed by atoms with van der Waals surface area (Å²) in [5, 5.41) is 5.62. The van der Waals surface area contributed by atoms with Gasteiger partial charge < -0.3 is 18.6 Å². The molecule has 0 saturated carbocycles. The maximum absolute atomic E-state index is 13.4. The van der Waals surface area contributed by atoms with E-state index in [4.69, 9.17) is 13.9 Å². The third-order valence-electron chi connectivity index (χ3n) is 5.48. The van der Waals surface area contributed by atoms with Gasteiger partial charge in [0.2, 0.25) is 5.82 Å². The van der Waals surface area contributed by atoms with E-state index in [2.05, 4.69) is 14.8 Å². The Morgan fingerprint density at radius 3 is 2.69 bits per heavy atom. The predicted octanol–water partition coefficient (Wildman–Crippen LogP) is 4.25. The normalized spacial score (nSPS) is 11.3. The standard InChI is InChI=1S/C27H21N3O6/c1-33-22-11-6-12-23-20(22)14-24(36-23)26-29-21-10-4-3-9-19(21)27(32)30(26)28-15-17-7-5-8-18(13-17)35-16-25(31)34-2/h3-15H,16H2,1-2H3. The summed E-state index contributed by atoms with van der Waals surface area (Å²) in [6.45, 7) is -0.217. The van der Waals surface area contributed by atoms with Crippen molar-refractivity contribution in [2.75, 3.05) is 20.8 Å². The number of ether oxygens (including phenoxy) is 3. The van der Waals surface area contributed by atoms with Crippen LogP contribution in [-0.4, -0.2) is 42.7 Å². The van der Waals surface area contributed by atoms with Crippen molar-refractivity contribution >= 4 is 34.1 Å². The number of benzene rings is 3. The fourth-order valence-electron chi connectivity index (χ4n) is 3.72. The Morgan fingerprint density at radius 1 is 1.03 bits per heavy atom. The summed E-state index contributed by atoms with van der Waals surface area (Å²) in [7, 11) is 2.87. The van der Waals surface area contributed by atoms with Crippen LogP contribution in [0.25, 0.3) is 33.5 Å². The van der Waals surface area contributed by atoms with E-state index >= 15 is 0 Å². The number of aromatic nitrogens is 2. The summed E-state index contributed by atoms with van der Waals surface area (Å²) in [4.78, 5) is 29.5. The minimum atomic E-state index is -0.491. The van der Waals surface area contributed by atoms with E-state index in [1.807, 2.05) is 24.3 Å². The number of furan rings is 1. The van der Waals surface area contributed by atoms with Gasteiger partial charge in [0.1, 0.15) is 17.1 Å². The van der Waals surface area contributed by atoms with Crippen molar-refractivity contribution in [3.8, 4) is 23.1 Å². The molecule has 0 aliphatic rings. The quantitative estimate of drug-likeness (QED) is 0.252. The highest BCUT2D eigenvalue weighted by Gasteiger charge is 2.17. The van der Waals surface area contributed by atoms with Crippen LogP contribution in [0.3, 0.4) is 0 Å². The maximum atomic E-state index is 13.4. The third kappa shape index (κ3) is 4.41. The van der Waals surface area contributed by atoms with E-state index < -0.39 is 5.97 Å². The summed E-state index contributed by atoms with van der Waals surface area (Å²) in [6, 6.07) is 21.2. The van der Waals surface area contributed by atoms with E-state index in [0.717, 1.165) is 5.39 Å². The van der Waals surface area contributed by atoms with Crippen molar-refractivity contribution in [2.45, 2.75) is 0 Å². The number of methoxy groups -OCH3 is 2. The minimum absolute atomic E-state index is 0.217. The molecule has 0 fully saturated rings. The third-order valence-corrected chi connectivity index (χ3v) is 5.48. The van der Waals surface area contributed by atoms with Gasteiger partial charge in [0.05, 0.1) is 36.7 Å². The lowest BCUT2D eigenvalue weighted by atomic mass is 10.2. The lowest BCUT2D eigenvalue weighted by molar-refractivity contribution is -0.142. The summed E-state index contributed by atoms with van der Waals surface area (Å²) >= 11 is 0. The Morgan fingerprint density at radius 2 is 1.86 bits per heavy atom. The number of rotatable bonds is 7. The fourth-order valence-corrected chi connectivity index (χ4v) is 3.72. The number of carbonyl (C=O) groups is 1. The molecule has 5 aromatic rings. The molecule has 0 unspecified atom stereocenters. The van der Waals surface area contributed by atoms with Gasteiger partial charge in [-0.15, -0.1) is 0 Å². The first-order valence-corrected chi connectivity index (χ1v) is 11.0. The monoisotopic (exact) mass is 483 g/mol. The van der Waals surface area contributed by atoms with Gasteiger partial charge in [-0.25, -0.2) is 9.78 Å². The van der Waals surface area contributed by atoms with Gasteiger partial charge in [-0.2, -0.15) is 9.78 Å². The van der Waals surface area contributed by atoms with E-state index in [1.54, 1.807) is 55.6 Å². The van der Waals surface area contributed by atoms with Crippen molar-refractivity contribution in [1.29, 1.82) is 0 Å². The molecule has 9 heteroatoms. The molecule has 2 heterocycles. The van der Waals surface area contributed by atoms with E-state index in [1.165, 1.54) is 18.0 Å². The van der Waals surface area contributed by atoms with Crippen LogP contribution >= 0.6 is 0 Å². The Kier molecular flexibility index (Phi) is 6.19. The molecule has 0 aliphatic carbocycles. The van der Waals surface area contributed by atoms with Crippen LogP contribution < -0.4 is 15.0 Å². The van der Waals surface area contributed by atoms with Crippen LogP contribution in [0.5, 0.6) is 11.5 Å². The Balaban J connectivity index is 1.60. The second-order valence-corrected chi connectivity index (χ2v) is 7.73. The summed E-state index contributed by atoms with van der Waals surface area (Å²) in [6.07, 6.45) is 1.51. The van der Waals surface area contributed by atoms with Gasteiger partial charge in [-0.1, -0.05) is 30.3 Å². The number of fused-ring (bicyclic) bond motifs is 2. The van der Waals surface area contributed by atoms with Crippen molar-refractivity contribution in [3.63, 3.8) is 0 Å². The molecule has 2 aromatic heterocycles. The van der Waals surface area contributed by atoms with Crippen LogP contribution in [0.15, 0.2) is 87.1 Å². The fraction of sp³-hybridized carbons (Fsp3) is 0.111. The Bertz CT molecular complexity index is 1670. The molecule has 0 atom stereocenters. The largest absolute Gasteiger partial charge is 0.496 e. The van der Waals surface area contributed by atoms with Gasteiger partial charge >= 0.3 is 5.97 Å². The number of hydrogen-bond donors (Lipinski definition) is 0. The van der Waals surface area contributed by atoms with Gasteiger partial charge in [-0.3, -0.25) is 4.79 Å². The smallest absolute Gasteiger partial charge is 0.343 e. The zero-order valence-corrected chi connectivity index (χ0v) is 19.5. The van der Waals surface area contributed by atoms with E-state index in [0.29, 0.717) is 39.3 Å². The number of carbonyl (C=O) groups excluding carboxylic acids is 1. The van der Waals surface area contributed by atoms with Crippen LogP contribution in [0.2, 0.25) is 0 Å². The Labute approximate surface area is 205 Å². The molecular formula is C27H21N3O6. The highest BCUT2D eigenvalue weighted by molar-refractivity contribution is 5.88. The molecule has 3 aromatic carbocycles. The highest BCUT2D eigenvalue weighted by Crippen LogP contribution is 2.32. The van der Waals surface area contributed by atoms with Gasteiger partial charge in [0, 0.05) is 0 Å². The molecular weight excluding hydrogens is 462 g/mol. The topological polar surface area (TPSA) is 105 Å². The lowest BCUT2D eigenvalue weighted by Gasteiger charge is -2.08. The van der Waals surface area contributed by atoms with Crippen LogP contribution in [0, 0.1) is 0 Å². The lowest BCUT2D eigenvalue weighted by Crippen LogP contribution is -2.20. The second kappa shape index (κ2) is 9.75. The average molecular weight is 483 g/mol. The minimum Gasteiger partial charge on any atom is -0.496 e. The summed E-state index contributed by atoms with van der Waals surface area (Å²) in [5.74, 6) is 1.22. The molecule has 5 rings (SSSR count). The van der Waals surface area contributed by atoms with Crippen LogP contribution in [-0.2, 0) is 9.53 Å². The SMILES string of the molecule is COC(=O)COc1cccc(C=Nn2c(-c3cc4c(OC)cccc4o3)nc3ccccc3c2=O)c1. The number of esters is 1. The first-order valence-electron chi connectivity index (χ1n) is 11.0. The molecule has 0 N–H and O–H groups in total. The molecule has 0 spiro atoms. The maximum Gasteiger partial charge on any atom is 0.343 e. The van der Waals surface area contributed by atoms with Gasteiger partial charge in [0.15, 0.2) is 12.4 Å². The van der Waals surface area contributed by atoms with Crippen molar-refractivity contribution in [3.05, 3.63) is 88.7 Å². The second-order valence-electron chi connectivity index (χ2n) is 7.73. The summed E-state index contributed by atoms with van der Waals surface area (Å²) in [5.41, 5.74) is 1.42. The van der Waals surface area contributed by atoms with E-state index in [9.17, 15) is 9.59 Å². The Hall–Kier alpha value is -4.92. The molecule has 0 saturated heterocycles. The predicted molar refractivity (Wildman–Crippen MR) is 135 cm³/mol.